The van der Waals surface area contributed by atoms with Gasteiger partial charge in [0.2, 0.25) is 0 Å². The lowest BCUT2D eigenvalue weighted by atomic mass is 10.1. The molecular weight excluding hydrogens is 232 g/mol. The number of oxazole rings is 1. The van der Waals surface area contributed by atoms with Gasteiger partial charge in [0.25, 0.3) is 0 Å². The van der Waals surface area contributed by atoms with E-state index in [0.29, 0.717) is 6.07 Å². The van der Waals surface area contributed by atoms with E-state index in [1.54, 1.807) is 0 Å². The topological polar surface area (TPSA) is 63.3 Å². The molecule has 0 bridgehead atoms. The highest BCUT2D eigenvalue weighted by atomic mass is 19.1. The largest absolute Gasteiger partial charge is 0.476 e. The van der Waals surface area contributed by atoms with Gasteiger partial charge in [-0.05, 0) is 12.1 Å². The fraction of sp³-hybridized carbons (Fsp3) is 0.0909. The molecule has 2 aromatic rings. The zero-order valence-corrected chi connectivity index (χ0v) is 8.70. The summed E-state index contributed by atoms with van der Waals surface area (Å²) in [5.41, 5.74) is -0.530. The van der Waals surface area contributed by atoms with Gasteiger partial charge in [0.15, 0.2) is 17.3 Å². The number of benzene rings is 1. The van der Waals surface area contributed by atoms with Gasteiger partial charge >= 0.3 is 5.97 Å². The molecule has 0 spiro atoms. The molecule has 0 saturated heterocycles. The first kappa shape index (κ1) is 11.3. The third-order valence-electron chi connectivity index (χ3n) is 2.11. The molecule has 0 radical (unpaired) electrons. The number of carbonyl (C=O) groups is 1. The van der Waals surface area contributed by atoms with E-state index in [-0.39, 0.29) is 17.2 Å². The summed E-state index contributed by atoms with van der Waals surface area (Å²) in [6, 6.07) is 2.78. The third kappa shape index (κ3) is 2.01. The number of hydrogen-bond acceptors (Lipinski definition) is 3. The van der Waals surface area contributed by atoms with Crippen LogP contribution in [0.4, 0.5) is 8.78 Å². The second-order valence-corrected chi connectivity index (χ2v) is 3.34. The number of rotatable bonds is 2. The van der Waals surface area contributed by atoms with Gasteiger partial charge in [0, 0.05) is 13.0 Å². The summed E-state index contributed by atoms with van der Waals surface area (Å²) in [7, 11) is 0. The van der Waals surface area contributed by atoms with Crippen LogP contribution in [0.3, 0.4) is 0 Å². The second-order valence-electron chi connectivity index (χ2n) is 3.34. The first-order chi connectivity index (χ1) is 7.99. The van der Waals surface area contributed by atoms with Crippen molar-refractivity contribution in [3.05, 3.63) is 41.4 Å². The Morgan fingerprint density at radius 2 is 2.12 bits per heavy atom. The van der Waals surface area contributed by atoms with E-state index in [2.05, 4.69) is 4.98 Å². The Kier molecular flexibility index (Phi) is 2.63. The van der Waals surface area contributed by atoms with E-state index in [0.717, 1.165) is 12.1 Å². The SMILES string of the molecule is Cc1nc(C(=O)O)c(-c2ccc(F)cc2F)o1. The van der Waals surface area contributed by atoms with Crippen molar-refractivity contribution in [3.8, 4) is 11.3 Å². The Morgan fingerprint density at radius 3 is 2.71 bits per heavy atom. The van der Waals surface area contributed by atoms with Crippen molar-refractivity contribution in [2.24, 2.45) is 0 Å². The molecule has 17 heavy (non-hydrogen) atoms. The van der Waals surface area contributed by atoms with Gasteiger partial charge in [0.05, 0.1) is 5.56 Å². The van der Waals surface area contributed by atoms with E-state index in [1.165, 1.54) is 6.92 Å². The third-order valence-corrected chi connectivity index (χ3v) is 2.11. The Labute approximate surface area is 94.5 Å². The summed E-state index contributed by atoms with van der Waals surface area (Å²) in [4.78, 5) is 14.5. The van der Waals surface area contributed by atoms with Crippen molar-refractivity contribution in [2.75, 3.05) is 0 Å². The number of carboxylic acids is 1. The van der Waals surface area contributed by atoms with Crippen molar-refractivity contribution < 1.29 is 23.1 Å². The van der Waals surface area contributed by atoms with E-state index >= 15 is 0 Å². The maximum atomic E-state index is 13.5. The van der Waals surface area contributed by atoms with Crippen molar-refractivity contribution in [1.82, 2.24) is 4.98 Å². The predicted molar refractivity (Wildman–Crippen MR) is 53.6 cm³/mol. The van der Waals surface area contributed by atoms with Crippen LogP contribution in [-0.2, 0) is 0 Å². The number of hydrogen-bond donors (Lipinski definition) is 1. The number of nitrogens with zero attached hydrogens (tertiary/aromatic N) is 1. The number of halogens is 2. The van der Waals surface area contributed by atoms with Crippen LogP contribution < -0.4 is 0 Å². The van der Waals surface area contributed by atoms with Crippen LogP contribution in [-0.4, -0.2) is 16.1 Å². The van der Waals surface area contributed by atoms with Gasteiger partial charge in [-0.25, -0.2) is 18.6 Å². The molecule has 1 aromatic carbocycles. The van der Waals surface area contributed by atoms with Gasteiger partial charge < -0.3 is 9.52 Å². The van der Waals surface area contributed by atoms with Crippen LogP contribution in [0.25, 0.3) is 11.3 Å². The van der Waals surface area contributed by atoms with E-state index in [4.69, 9.17) is 9.52 Å². The molecule has 0 aliphatic carbocycles. The summed E-state index contributed by atoms with van der Waals surface area (Å²) in [6.07, 6.45) is 0. The van der Waals surface area contributed by atoms with E-state index in [1.807, 2.05) is 0 Å². The summed E-state index contributed by atoms with van der Waals surface area (Å²) in [5, 5.41) is 8.87. The molecule has 1 N–H and O–H groups in total. The molecule has 1 heterocycles. The Bertz CT molecular complexity index is 592. The van der Waals surface area contributed by atoms with Gasteiger partial charge in [-0.2, -0.15) is 0 Å². The second kappa shape index (κ2) is 3.97. The smallest absolute Gasteiger partial charge is 0.358 e. The van der Waals surface area contributed by atoms with Crippen LogP contribution >= 0.6 is 0 Å². The van der Waals surface area contributed by atoms with Crippen molar-refractivity contribution in [1.29, 1.82) is 0 Å². The Morgan fingerprint density at radius 1 is 1.41 bits per heavy atom. The molecule has 6 heteroatoms. The molecule has 0 aliphatic rings. The molecule has 0 aliphatic heterocycles. The average Bonchev–Trinajstić information content (AvgIpc) is 2.60. The van der Waals surface area contributed by atoms with Gasteiger partial charge in [-0.1, -0.05) is 0 Å². The molecule has 4 nitrogen and oxygen atoms in total. The lowest BCUT2D eigenvalue weighted by Gasteiger charge is -2.00. The lowest BCUT2D eigenvalue weighted by molar-refractivity contribution is 0.0691. The zero-order valence-electron chi connectivity index (χ0n) is 8.70. The van der Waals surface area contributed by atoms with Crippen LogP contribution in [0.2, 0.25) is 0 Å². The molecular formula is C11H7F2NO3. The number of aryl methyl sites for hydroxylation is 1. The minimum Gasteiger partial charge on any atom is -0.476 e. The molecule has 1 aromatic heterocycles. The molecule has 0 saturated carbocycles. The van der Waals surface area contributed by atoms with Crippen LogP contribution in [0.15, 0.2) is 22.6 Å². The van der Waals surface area contributed by atoms with Crippen molar-refractivity contribution >= 4 is 5.97 Å². The predicted octanol–water partition coefficient (Wildman–Crippen LogP) is 2.63. The monoisotopic (exact) mass is 239 g/mol. The number of aromatic nitrogens is 1. The fourth-order valence-corrected chi connectivity index (χ4v) is 1.43. The summed E-state index contributed by atoms with van der Waals surface area (Å²) in [6.45, 7) is 1.44. The highest BCUT2D eigenvalue weighted by molar-refractivity contribution is 5.92. The molecule has 0 fully saturated rings. The van der Waals surface area contributed by atoms with E-state index < -0.39 is 23.3 Å². The van der Waals surface area contributed by atoms with Gasteiger partial charge in [-0.15, -0.1) is 0 Å². The molecule has 0 amide bonds. The number of carboxylic acid groups (broad SMARTS) is 1. The lowest BCUT2D eigenvalue weighted by Crippen LogP contribution is -1.99. The maximum absolute atomic E-state index is 13.5. The van der Waals surface area contributed by atoms with Crippen LogP contribution in [0.1, 0.15) is 16.4 Å². The fourth-order valence-electron chi connectivity index (χ4n) is 1.43. The van der Waals surface area contributed by atoms with Gasteiger partial charge in [0.1, 0.15) is 11.6 Å². The standard InChI is InChI=1S/C11H7F2NO3/c1-5-14-9(11(15)16)10(17-5)7-3-2-6(12)4-8(7)13/h2-4H,1H3,(H,15,16). The minimum absolute atomic E-state index is 0.0983. The summed E-state index contributed by atoms with van der Waals surface area (Å²) >= 11 is 0. The first-order valence-corrected chi connectivity index (χ1v) is 4.65. The Hall–Kier alpha value is -2.24. The van der Waals surface area contributed by atoms with Crippen LogP contribution in [0.5, 0.6) is 0 Å². The summed E-state index contributed by atoms with van der Waals surface area (Å²) < 4.78 is 31.2. The molecule has 88 valence electrons. The maximum Gasteiger partial charge on any atom is 0.358 e. The highest BCUT2D eigenvalue weighted by Crippen LogP contribution is 2.27. The molecule has 0 atom stereocenters. The average molecular weight is 239 g/mol. The zero-order chi connectivity index (χ0) is 12.6. The molecule has 0 unspecified atom stereocenters. The van der Waals surface area contributed by atoms with Crippen LogP contribution in [0, 0.1) is 18.6 Å². The van der Waals surface area contributed by atoms with Gasteiger partial charge in [-0.3, -0.25) is 0 Å². The minimum atomic E-state index is -1.33. The highest BCUT2D eigenvalue weighted by Gasteiger charge is 2.21. The quantitative estimate of drug-likeness (QED) is 0.874. The molecule has 2 rings (SSSR count). The number of aromatic carboxylic acids is 1. The Balaban J connectivity index is 2.63. The normalized spacial score (nSPS) is 10.5. The summed E-state index contributed by atoms with van der Waals surface area (Å²) in [5.74, 6) is -3.10. The van der Waals surface area contributed by atoms with Crippen molar-refractivity contribution in [3.63, 3.8) is 0 Å². The van der Waals surface area contributed by atoms with Crippen molar-refractivity contribution in [2.45, 2.75) is 6.92 Å². The first-order valence-electron chi connectivity index (χ1n) is 4.65. The van der Waals surface area contributed by atoms with E-state index in [9.17, 15) is 13.6 Å².